The van der Waals surface area contributed by atoms with Crippen LogP contribution in [0.3, 0.4) is 0 Å². The van der Waals surface area contributed by atoms with E-state index in [4.69, 9.17) is 0 Å². The molecule has 4 rings (SSSR count). The Kier molecular flexibility index (Phi) is 9.15. The van der Waals surface area contributed by atoms with Crippen molar-refractivity contribution >= 4 is 0 Å². The summed E-state index contributed by atoms with van der Waals surface area (Å²) in [5.41, 5.74) is -2.44. The lowest BCUT2D eigenvalue weighted by Gasteiger charge is -2.33. The average Bonchev–Trinajstić information content (AvgIpc) is 2.85. The summed E-state index contributed by atoms with van der Waals surface area (Å²) in [6.45, 7) is 2.18. The quantitative estimate of drug-likeness (QED) is 0.224. The average molecular weight is 579 g/mol. The molecule has 10 heteroatoms. The highest BCUT2D eigenvalue weighted by molar-refractivity contribution is 5.35. The minimum Gasteiger partial charge on any atom is -0.429 e. The van der Waals surface area contributed by atoms with Crippen LogP contribution in [0.25, 0.3) is 0 Å². The molecule has 1 fully saturated rings. The summed E-state index contributed by atoms with van der Waals surface area (Å²) in [7, 11) is 0. The van der Waals surface area contributed by atoms with Crippen LogP contribution in [0.1, 0.15) is 93.7 Å². The summed E-state index contributed by atoms with van der Waals surface area (Å²) < 4.78 is 129. The second-order valence-corrected chi connectivity index (χ2v) is 10.8. The zero-order chi connectivity index (χ0) is 29.2. The molecule has 1 atom stereocenters. The summed E-state index contributed by atoms with van der Waals surface area (Å²) in [5, 5.41) is 0. The summed E-state index contributed by atoms with van der Waals surface area (Å²) in [4.78, 5) is 0. The second kappa shape index (κ2) is 12.1. The minimum atomic E-state index is -5.42. The van der Waals surface area contributed by atoms with Gasteiger partial charge in [0.25, 0.3) is 0 Å². The number of benzene rings is 2. The van der Waals surface area contributed by atoms with Gasteiger partial charge >= 0.3 is 12.3 Å². The molecule has 220 valence electrons. The van der Waals surface area contributed by atoms with Crippen LogP contribution in [0.5, 0.6) is 5.75 Å². The molecule has 1 nitrogen and oxygen atoms in total. The van der Waals surface area contributed by atoms with Crippen LogP contribution in [0, 0.1) is 35.1 Å². The van der Waals surface area contributed by atoms with Gasteiger partial charge in [-0.3, -0.25) is 0 Å². The van der Waals surface area contributed by atoms with Gasteiger partial charge in [0.05, 0.1) is 0 Å². The lowest BCUT2D eigenvalue weighted by atomic mass is 9.72. The summed E-state index contributed by atoms with van der Waals surface area (Å²) >= 11 is 0. The SMILES string of the molecule is CCCCC1CC=C(C2CCC(c3cc(F)c(C(F)(F)Oc4cc(F)c(C(F)(F)F)c(F)c4)c(F)c3)CC2)CC1. The second-order valence-electron chi connectivity index (χ2n) is 10.8. The molecule has 2 aromatic carbocycles. The number of hydrogen-bond donors (Lipinski definition) is 0. The van der Waals surface area contributed by atoms with Gasteiger partial charge in [-0.25, -0.2) is 17.6 Å². The lowest BCUT2D eigenvalue weighted by molar-refractivity contribution is -0.189. The van der Waals surface area contributed by atoms with Crippen LogP contribution in [0.4, 0.5) is 39.5 Å². The topological polar surface area (TPSA) is 9.23 Å². The van der Waals surface area contributed by atoms with Crippen molar-refractivity contribution in [2.24, 2.45) is 11.8 Å². The number of alkyl halides is 5. The monoisotopic (exact) mass is 578 g/mol. The fourth-order valence-corrected chi connectivity index (χ4v) is 6.02. The Morgan fingerprint density at radius 2 is 1.30 bits per heavy atom. The van der Waals surface area contributed by atoms with Crippen LogP contribution < -0.4 is 4.74 Å². The molecule has 2 aromatic rings. The molecule has 0 aliphatic heterocycles. The van der Waals surface area contributed by atoms with E-state index < -0.39 is 52.4 Å². The van der Waals surface area contributed by atoms with E-state index in [0.29, 0.717) is 18.8 Å². The van der Waals surface area contributed by atoms with Gasteiger partial charge < -0.3 is 4.74 Å². The third-order valence-corrected chi connectivity index (χ3v) is 8.14. The summed E-state index contributed by atoms with van der Waals surface area (Å²) in [6.07, 6.45) is 2.05. The maximum absolute atomic E-state index is 14.8. The Hall–Kier alpha value is -2.65. The number of unbranched alkanes of at least 4 members (excludes halogenated alkanes) is 1. The number of allylic oxidation sites excluding steroid dienone is 2. The first kappa shape index (κ1) is 30.3. The summed E-state index contributed by atoms with van der Waals surface area (Å²) in [5.74, 6) is -8.11. The van der Waals surface area contributed by atoms with Crippen molar-refractivity contribution in [2.75, 3.05) is 0 Å². The standard InChI is InChI=1S/C30H31F9O/c1-2-3-4-17-5-7-18(8-6-17)19-9-11-20(12-10-19)21-13-23(31)28(24(32)14-21)30(38,39)40-22-15-25(33)27(26(34)16-22)29(35,36)37/h7,13-17,19-20H,2-6,8-12H2,1H3. The maximum atomic E-state index is 14.8. The highest BCUT2D eigenvalue weighted by Gasteiger charge is 2.43. The Morgan fingerprint density at radius 1 is 0.750 bits per heavy atom. The van der Waals surface area contributed by atoms with E-state index in [2.05, 4.69) is 17.7 Å². The summed E-state index contributed by atoms with van der Waals surface area (Å²) in [6, 6.07) is 1.37. The molecule has 0 amide bonds. The Balaban J connectivity index is 1.44. The number of rotatable bonds is 8. The third kappa shape index (κ3) is 6.79. The molecule has 0 saturated heterocycles. The molecule has 0 bridgehead atoms. The fourth-order valence-electron chi connectivity index (χ4n) is 6.02. The van der Waals surface area contributed by atoms with E-state index in [1.54, 1.807) is 0 Å². The van der Waals surface area contributed by atoms with Crippen LogP contribution in [-0.4, -0.2) is 0 Å². The van der Waals surface area contributed by atoms with Crippen LogP contribution in [0.2, 0.25) is 0 Å². The molecule has 0 aromatic heterocycles. The molecule has 0 heterocycles. The molecule has 40 heavy (non-hydrogen) atoms. The van der Waals surface area contributed by atoms with E-state index >= 15 is 0 Å². The zero-order valence-corrected chi connectivity index (χ0v) is 22.0. The van der Waals surface area contributed by atoms with Crippen molar-refractivity contribution in [3.63, 3.8) is 0 Å². The number of hydrogen-bond acceptors (Lipinski definition) is 1. The molecule has 0 spiro atoms. The van der Waals surface area contributed by atoms with E-state index in [1.165, 1.54) is 31.3 Å². The van der Waals surface area contributed by atoms with Crippen molar-refractivity contribution in [3.05, 3.63) is 75.9 Å². The van der Waals surface area contributed by atoms with Crippen molar-refractivity contribution in [1.29, 1.82) is 0 Å². The largest absolute Gasteiger partial charge is 0.432 e. The number of halogens is 9. The maximum Gasteiger partial charge on any atom is 0.432 e. The molecule has 2 aliphatic carbocycles. The van der Waals surface area contributed by atoms with Gasteiger partial charge in [-0.2, -0.15) is 22.0 Å². The molecule has 0 N–H and O–H groups in total. The normalized spacial score (nSPS) is 22.2. The van der Waals surface area contributed by atoms with Gasteiger partial charge in [0.1, 0.15) is 40.1 Å². The van der Waals surface area contributed by atoms with Crippen molar-refractivity contribution in [2.45, 2.75) is 89.3 Å². The van der Waals surface area contributed by atoms with E-state index in [-0.39, 0.29) is 23.6 Å². The van der Waals surface area contributed by atoms with E-state index in [0.717, 1.165) is 43.7 Å². The Bertz CT molecular complexity index is 1180. The Labute approximate surface area is 227 Å². The first-order valence-corrected chi connectivity index (χ1v) is 13.6. The molecule has 1 saturated carbocycles. The van der Waals surface area contributed by atoms with Crippen LogP contribution in [0.15, 0.2) is 35.9 Å². The van der Waals surface area contributed by atoms with E-state index in [1.807, 2.05) is 0 Å². The Morgan fingerprint density at radius 3 is 1.80 bits per heavy atom. The molecular formula is C30H31F9O. The fraction of sp³-hybridized carbons (Fsp3) is 0.533. The van der Waals surface area contributed by atoms with Gasteiger partial charge in [0, 0.05) is 12.1 Å². The zero-order valence-electron chi connectivity index (χ0n) is 22.0. The van der Waals surface area contributed by atoms with E-state index in [9.17, 15) is 39.5 Å². The van der Waals surface area contributed by atoms with Gasteiger partial charge in [0.2, 0.25) is 0 Å². The van der Waals surface area contributed by atoms with Crippen molar-refractivity contribution in [1.82, 2.24) is 0 Å². The third-order valence-electron chi connectivity index (χ3n) is 8.14. The lowest BCUT2D eigenvalue weighted by Crippen LogP contribution is -2.26. The predicted octanol–water partition coefficient (Wildman–Crippen LogP) is 10.6. The van der Waals surface area contributed by atoms with Crippen LogP contribution in [-0.2, 0) is 12.3 Å². The van der Waals surface area contributed by atoms with Gasteiger partial charge in [-0.1, -0.05) is 37.8 Å². The van der Waals surface area contributed by atoms with Crippen molar-refractivity contribution in [3.8, 4) is 5.75 Å². The number of ether oxygens (including phenoxy) is 1. The van der Waals surface area contributed by atoms with Crippen LogP contribution >= 0.6 is 0 Å². The van der Waals surface area contributed by atoms with Gasteiger partial charge in [0.15, 0.2) is 0 Å². The van der Waals surface area contributed by atoms with Gasteiger partial charge in [-0.05, 0) is 80.4 Å². The minimum absolute atomic E-state index is 0.116. The van der Waals surface area contributed by atoms with Crippen molar-refractivity contribution < 1.29 is 44.3 Å². The van der Waals surface area contributed by atoms with Gasteiger partial charge in [-0.15, -0.1) is 0 Å². The predicted molar refractivity (Wildman–Crippen MR) is 132 cm³/mol. The molecule has 1 unspecified atom stereocenters. The molecule has 2 aliphatic rings. The smallest absolute Gasteiger partial charge is 0.429 e. The highest BCUT2D eigenvalue weighted by atomic mass is 19.4. The molecule has 0 radical (unpaired) electrons. The molecular weight excluding hydrogens is 547 g/mol. The highest BCUT2D eigenvalue weighted by Crippen LogP contribution is 2.44. The first-order chi connectivity index (χ1) is 18.8. The first-order valence-electron chi connectivity index (χ1n) is 13.6.